The number of carbonyl (C=O) groups excluding carboxylic acids is 2. The number of hydrogen-bond donors (Lipinski definition) is 1. The van der Waals surface area contributed by atoms with Crippen molar-refractivity contribution in [1.29, 1.82) is 0 Å². The molecule has 0 amide bonds. The molecule has 0 radical (unpaired) electrons. The molecule has 0 aromatic heterocycles. The van der Waals surface area contributed by atoms with Crippen LogP contribution in [0.2, 0.25) is 0 Å². The van der Waals surface area contributed by atoms with Gasteiger partial charge in [0.25, 0.3) is 0 Å². The van der Waals surface area contributed by atoms with Crippen LogP contribution < -0.4 is 0 Å². The van der Waals surface area contributed by atoms with Gasteiger partial charge in [-0.25, -0.2) is 4.39 Å². The summed E-state index contributed by atoms with van der Waals surface area (Å²) >= 11 is 5.92. The molecule has 0 spiro atoms. The highest BCUT2D eigenvalue weighted by molar-refractivity contribution is 6.29. The number of aliphatic hydroxyl groups excluding tert-OH is 1. The van der Waals surface area contributed by atoms with Crippen molar-refractivity contribution >= 4 is 23.4 Å². The number of hydrogen-bond acceptors (Lipinski definition) is 4. The SMILES string of the molecule is CC(Cl)C(=O)O[C@@H]1[C@H](C)C[C@H]2[C@@H]3CCC4=CC(=O)C=C[C@]4(C)[C@@]3(F)[C@@H](O)C[C@]12C. The van der Waals surface area contributed by atoms with Crippen LogP contribution in [-0.4, -0.2) is 40.1 Å². The second-order valence-corrected chi connectivity index (χ2v) is 10.7. The van der Waals surface area contributed by atoms with Gasteiger partial charge in [0.2, 0.25) is 0 Å². The number of aliphatic hydroxyl groups is 1. The summed E-state index contributed by atoms with van der Waals surface area (Å²) in [5.41, 5.74) is -2.58. The van der Waals surface area contributed by atoms with Crippen molar-refractivity contribution in [1.82, 2.24) is 0 Å². The number of halogens is 2. The van der Waals surface area contributed by atoms with E-state index in [1.807, 2.05) is 20.8 Å². The van der Waals surface area contributed by atoms with Gasteiger partial charge >= 0.3 is 5.97 Å². The van der Waals surface area contributed by atoms with Crippen molar-refractivity contribution in [2.24, 2.45) is 28.6 Å². The molecule has 0 heterocycles. The first-order chi connectivity index (χ1) is 13.4. The summed E-state index contributed by atoms with van der Waals surface area (Å²) in [7, 11) is 0. The Morgan fingerprint density at radius 3 is 2.72 bits per heavy atom. The monoisotopic (exact) mass is 424 g/mol. The molecule has 3 saturated carbocycles. The molecule has 4 aliphatic carbocycles. The summed E-state index contributed by atoms with van der Waals surface area (Å²) in [6.45, 7) is 7.44. The Bertz CT molecular complexity index is 807. The van der Waals surface area contributed by atoms with Crippen LogP contribution in [0.3, 0.4) is 0 Å². The van der Waals surface area contributed by atoms with E-state index in [-0.39, 0.29) is 30.0 Å². The number of rotatable bonds is 2. The number of ketones is 1. The van der Waals surface area contributed by atoms with Gasteiger partial charge in [-0.3, -0.25) is 9.59 Å². The zero-order valence-electron chi connectivity index (χ0n) is 17.5. The van der Waals surface area contributed by atoms with Gasteiger partial charge in [0.05, 0.1) is 6.10 Å². The van der Waals surface area contributed by atoms with Crippen LogP contribution in [0, 0.1) is 28.6 Å². The Kier molecular flexibility index (Phi) is 4.83. The standard InChI is InChI=1S/C23H30ClFO4/c1-12-9-17-16-6-5-14-10-15(26)7-8-22(14,4)23(16,25)18(27)11-21(17,3)19(12)29-20(28)13(2)24/h7-8,10,12-13,16-19,27H,5-6,9,11H2,1-4H3/t12-,13?,16+,17+,18+,19-,21+,22+,23+/m1/s1. The Labute approximate surface area is 176 Å². The van der Waals surface area contributed by atoms with Crippen LogP contribution in [0.1, 0.15) is 53.4 Å². The fraction of sp³-hybridized carbons (Fsp3) is 0.739. The third kappa shape index (κ3) is 2.72. The Balaban J connectivity index is 1.73. The third-order valence-corrected chi connectivity index (χ3v) is 8.61. The maximum absolute atomic E-state index is 16.9. The predicted octanol–water partition coefficient (Wildman–Crippen LogP) is 4.14. The van der Waals surface area contributed by atoms with Crippen LogP contribution in [0.15, 0.2) is 23.8 Å². The zero-order valence-corrected chi connectivity index (χ0v) is 18.2. The predicted molar refractivity (Wildman–Crippen MR) is 108 cm³/mol. The van der Waals surface area contributed by atoms with E-state index < -0.39 is 40.1 Å². The molecule has 0 saturated heterocycles. The first-order valence-electron chi connectivity index (χ1n) is 10.6. The van der Waals surface area contributed by atoms with Crippen molar-refractivity contribution in [3.63, 3.8) is 0 Å². The molecule has 0 aromatic carbocycles. The molecule has 6 heteroatoms. The summed E-state index contributed by atoms with van der Waals surface area (Å²) < 4.78 is 22.7. The second-order valence-electron chi connectivity index (χ2n) is 10.0. The van der Waals surface area contributed by atoms with Crippen LogP contribution in [0.5, 0.6) is 0 Å². The molecule has 4 rings (SSSR count). The molecule has 4 nitrogen and oxygen atoms in total. The second kappa shape index (κ2) is 6.65. The Morgan fingerprint density at radius 2 is 2.07 bits per heavy atom. The van der Waals surface area contributed by atoms with E-state index in [0.29, 0.717) is 12.8 Å². The van der Waals surface area contributed by atoms with Gasteiger partial charge in [0.1, 0.15) is 11.5 Å². The molecule has 4 aliphatic rings. The normalized spacial score (nSPS) is 49.6. The first kappa shape index (κ1) is 21.0. The molecule has 29 heavy (non-hydrogen) atoms. The van der Waals surface area contributed by atoms with Gasteiger partial charge in [-0.15, -0.1) is 11.6 Å². The van der Waals surface area contributed by atoms with E-state index in [1.54, 1.807) is 19.1 Å². The minimum atomic E-state index is -1.85. The average Bonchev–Trinajstić information content (AvgIpc) is 2.88. The van der Waals surface area contributed by atoms with Gasteiger partial charge in [0, 0.05) is 16.7 Å². The fourth-order valence-corrected chi connectivity index (χ4v) is 7.06. The quantitative estimate of drug-likeness (QED) is 0.534. The maximum atomic E-state index is 16.9. The minimum Gasteiger partial charge on any atom is -0.460 e. The van der Waals surface area contributed by atoms with Crippen molar-refractivity contribution < 1.29 is 23.8 Å². The maximum Gasteiger partial charge on any atom is 0.324 e. The average molecular weight is 425 g/mol. The smallest absolute Gasteiger partial charge is 0.324 e. The molecule has 1 N–H and O–H groups in total. The number of esters is 1. The van der Waals surface area contributed by atoms with Crippen molar-refractivity contribution in [2.75, 3.05) is 0 Å². The van der Waals surface area contributed by atoms with E-state index >= 15 is 4.39 Å². The van der Waals surface area contributed by atoms with E-state index in [9.17, 15) is 14.7 Å². The third-order valence-electron chi connectivity index (χ3n) is 8.44. The van der Waals surface area contributed by atoms with Crippen LogP contribution in [-0.2, 0) is 14.3 Å². The Hall–Kier alpha value is -1.20. The first-order valence-corrected chi connectivity index (χ1v) is 11.0. The van der Waals surface area contributed by atoms with Gasteiger partial charge in [0.15, 0.2) is 11.5 Å². The van der Waals surface area contributed by atoms with Crippen molar-refractivity contribution in [3.8, 4) is 0 Å². The summed E-state index contributed by atoms with van der Waals surface area (Å²) in [6, 6.07) is 0. The van der Waals surface area contributed by atoms with Crippen LogP contribution >= 0.6 is 11.6 Å². The summed E-state index contributed by atoms with van der Waals surface area (Å²) in [5, 5.41) is 10.5. The van der Waals surface area contributed by atoms with Gasteiger partial charge in [-0.1, -0.05) is 25.5 Å². The van der Waals surface area contributed by atoms with Gasteiger partial charge in [-0.05, 0) is 63.5 Å². The molecule has 1 unspecified atom stereocenters. The molecular weight excluding hydrogens is 395 g/mol. The lowest BCUT2D eigenvalue weighted by atomic mass is 9.46. The number of alkyl halides is 2. The topological polar surface area (TPSA) is 63.6 Å². The molecule has 160 valence electrons. The number of allylic oxidation sites excluding steroid dienone is 4. The molecule has 3 fully saturated rings. The van der Waals surface area contributed by atoms with E-state index in [2.05, 4.69) is 0 Å². The highest BCUT2D eigenvalue weighted by atomic mass is 35.5. The highest BCUT2D eigenvalue weighted by Crippen LogP contribution is 2.68. The van der Waals surface area contributed by atoms with Gasteiger partial charge in [-0.2, -0.15) is 0 Å². The number of carbonyl (C=O) groups is 2. The zero-order chi connectivity index (χ0) is 21.4. The lowest BCUT2D eigenvalue weighted by molar-refractivity contribution is -0.206. The van der Waals surface area contributed by atoms with Crippen molar-refractivity contribution in [2.45, 2.75) is 76.6 Å². The number of ether oxygens (including phenoxy) is 1. The lowest BCUT2D eigenvalue weighted by Gasteiger charge is -2.61. The summed E-state index contributed by atoms with van der Waals surface area (Å²) in [6.07, 6.45) is 5.21. The molecular formula is C23H30ClFO4. The molecule has 0 aromatic rings. The lowest BCUT2D eigenvalue weighted by Crippen LogP contribution is -2.67. The van der Waals surface area contributed by atoms with E-state index in [1.165, 1.54) is 6.08 Å². The highest BCUT2D eigenvalue weighted by Gasteiger charge is 2.71. The minimum absolute atomic E-state index is 0.0151. The van der Waals surface area contributed by atoms with Crippen molar-refractivity contribution in [3.05, 3.63) is 23.8 Å². The van der Waals surface area contributed by atoms with E-state index in [4.69, 9.17) is 16.3 Å². The summed E-state index contributed by atoms with van der Waals surface area (Å²) in [4.78, 5) is 24.1. The molecule has 0 bridgehead atoms. The van der Waals surface area contributed by atoms with Gasteiger partial charge < -0.3 is 9.84 Å². The Morgan fingerprint density at radius 1 is 1.38 bits per heavy atom. The van der Waals surface area contributed by atoms with E-state index in [0.717, 1.165) is 12.0 Å². The molecule has 9 atom stereocenters. The number of fused-ring (bicyclic) bond motifs is 5. The fourth-order valence-electron chi connectivity index (χ4n) is 7.01. The largest absolute Gasteiger partial charge is 0.460 e. The molecule has 0 aliphatic heterocycles. The van der Waals surface area contributed by atoms with Crippen LogP contribution in [0.25, 0.3) is 0 Å². The van der Waals surface area contributed by atoms with Crippen LogP contribution in [0.4, 0.5) is 4.39 Å². The summed E-state index contributed by atoms with van der Waals surface area (Å²) in [5.74, 6) is -0.903.